The largest absolute Gasteiger partial charge is 0.468 e. The van der Waals surface area contributed by atoms with E-state index in [1.807, 2.05) is 13.8 Å². The number of hydrogen-bond acceptors (Lipinski definition) is 4. The Bertz CT molecular complexity index is 446. The predicted octanol–water partition coefficient (Wildman–Crippen LogP) is 1.88. The average Bonchev–Trinajstić information content (AvgIpc) is 2.62. The Hall–Kier alpha value is -1.36. The van der Waals surface area contributed by atoms with E-state index in [4.69, 9.17) is 4.74 Å². The molecule has 1 aliphatic heterocycles. The number of carbonyl (C=O) groups is 1. The van der Waals surface area contributed by atoms with Gasteiger partial charge in [0.25, 0.3) is 0 Å². The van der Waals surface area contributed by atoms with Crippen molar-refractivity contribution in [2.75, 3.05) is 13.7 Å². The fraction of sp³-hybridized carbons (Fsp3) is 0.714. The van der Waals surface area contributed by atoms with Crippen molar-refractivity contribution in [3.63, 3.8) is 0 Å². The molecular formula is C14H23N3O2. The van der Waals surface area contributed by atoms with Crippen LogP contribution in [0.25, 0.3) is 0 Å². The van der Waals surface area contributed by atoms with Gasteiger partial charge in [-0.3, -0.25) is 9.48 Å². The van der Waals surface area contributed by atoms with E-state index in [0.717, 1.165) is 24.4 Å². The van der Waals surface area contributed by atoms with E-state index in [-0.39, 0.29) is 12.5 Å². The average molecular weight is 265 g/mol. The second-order valence-electron chi connectivity index (χ2n) is 5.17. The molecule has 1 unspecified atom stereocenters. The minimum Gasteiger partial charge on any atom is -0.468 e. The van der Waals surface area contributed by atoms with Crippen LogP contribution in [0, 0.1) is 13.8 Å². The van der Waals surface area contributed by atoms with Crippen LogP contribution in [0.4, 0.5) is 0 Å². The maximum Gasteiger partial charge on any atom is 0.327 e. The second-order valence-corrected chi connectivity index (χ2v) is 5.17. The lowest BCUT2D eigenvalue weighted by molar-refractivity contribution is -0.141. The third kappa shape index (κ3) is 3.15. The highest BCUT2D eigenvalue weighted by Gasteiger charge is 2.22. The zero-order chi connectivity index (χ0) is 13.8. The first-order chi connectivity index (χ1) is 9.13. The number of carbonyl (C=O) groups excluding carboxylic acids is 1. The maximum atomic E-state index is 11.4. The number of ether oxygens (including phenoxy) is 1. The molecule has 5 nitrogen and oxygen atoms in total. The van der Waals surface area contributed by atoms with Crippen molar-refractivity contribution in [3.05, 3.63) is 17.0 Å². The van der Waals surface area contributed by atoms with Gasteiger partial charge in [0.05, 0.1) is 12.8 Å². The van der Waals surface area contributed by atoms with Gasteiger partial charge in [-0.25, -0.2) is 0 Å². The summed E-state index contributed by atoms with van der Waals surface area (Å²) in [6.07, 6.45) is 4.92. The Morgan fingerprint density at radius 3 is 2.95 bits per heavy atom. The number of nitrogens with one attached hydrogen (secondary N) is 1. The molecule has 0 radical (unpaired) electrons. The number of aromatic nitrogens is 2. The Balaban J connectivity index is 2.22. The van der Waals surface area contributed by atoms with Gasteiger partial charge in [-0.1, -0.05) is 12.8 Å². The summed E-state index contributed by atoms with van der Waals surface area (Å²) in [5.41, 5.74) is 3.34. The van der Waals surface area contributed by atoms with Crippen molar-refractivity contribution in [1.82, 2.24) is 15.1 Å². The molecule has 0 bridgehead atoms. The number of rotatable bonds is 3. The Labute approximate surface area is 114 Å². The van der Waals surface area contributed by atoms with E-state index < -0.39 is 0 Å². The van der Waals surface area contributed by atoms with Crippen molar-refractivity contribution in [2.24, 2.45) is 0 Å². The molecule has 5 heteroatoms. The Morgan fingerprint density at radius 2 is 2.21 bits per heavy atom. The molecule has 19 heavy (non-hydrogen) atoms. The molecule has 1 aliphatic rings. The lowest BCUT2D eigenvalue weighted by atomic mass is 10.0. The van der Waals surface area contributed by atoms with Crippen molar-refractivity contribution < 1.29 is 9.53 Å². The summed E-state index contributed by atoms with van der Waals surface area (Å²) in [5, 5.41) is 8.07. The number of hydrogen-bond donors (Lipinski definition) is 1. The fourth-order valence-corrected chi connectivity index (χ4v) is 2.83. The molecule has 0 spiro atoms. The molecule has 1 saturated heterocycles. The summed E-state index contributed by atoms with van der Waals surface area (Å²) < 4.78 is 6.46. The summed E-state index contributed by atoms with van der Waals surface area (Å²) in [6.45, 7) is 5.30. The molecule has 1 aromatic rings. The quantitative estimate of drug-likeness (QED) is 0.848. The van der Waals surface area contributed by atoms with Crippen LogP contribution in [0.15, 0.2) is 0 Å². The van der Waals surface area contributed by atoms with Crippen LogP contribution >= 0.6 is 0 Å². The van der Waals surface area contributed by atoms with Gasteiger partial charge in [0.1, 0.15) is 6.54 Å². The van der Waals surface area contributed by atoms with Crippen LogP contribution in [-0.2, 0) is 16.1 Å². The monoisotopic (exact) mass is 265 g/mol. The zero-order valence-corrected chi connectivity index (χ0v) is 12.0. The molecular weight excluding hydrogens is 242 g/mol. The van der Waals surface area contributed by atoms with E-state index >= 15 is 0 Å². The van der Waals surface area contributed by atoms with Crippen molar-refractivity contribution in [2.45, 2.75) is 52.1 Å². The first-order valence-electron chi connectivity index (χ1n) is 6.97. The van der Waals surface area contributed by atoms with Crippen LogP contribution in [0.2, 0.25) is 0 Å². The molecule has 0 aromatic carbocycles. The molecule has 106 valence electrons. The van der Waals surface area contributed by atoms with Crippen LogP contribution in [-0.4, -0.2) is 29.4 Å². The second kappa shape index (κ2) is 6.19. The van der Waals surface area contributed by atoms with E-state index in [9.17, 15) is 4.79 Å². The lowest BCUT2D eigenvalue weighted by Crippen LogP contribution is -2.21. The van der Waals surface area contributed by atoms with Crippen molar-refractivity contribution >= 4 is 5.97 Å². The summed E-state index contributed by atoms with van der Waals surface area (Å²) in [5.74, 6) is -0.258. The van der Waals surface area contributed by atoms with Gasteiger partial charge in [0.2, 0.25) is 0 Å². The highest BCUT2D eigenvalue weighted by molar-refractivity contribution is 5.69. The number of nitrogens with zero attached hydrogens (tertiary/aromatic N) is 2. The van der Waals surface area contributed by atoms with Gasteiger partial charge in [-0.2, -0.15) is 5.10 Å². The predicted molar refractivity (Wildman–Crippen MR) is 72.9 cm³/mol. The summed E-state index contributed by atoms with van der Waals surface area (Å²) in [7, 11) is 1.40. The number of aryl methyl sites for hydroxylation is 1. The summed E-state index contributed by atoms with van der Waals surface area (Å²) >= 11 is 0. The maximum absolute atomic E-state index is 11.4. The van der Waals surface area contributed by atoms with Gasteiger partial charge in [0.15, 0.2) is 0 Å². The number of esters is 1. The third-order valence-electron chi connectivity index (χ3n) is 3.85. The molecule has 2 heterocycles. The van der Waals surface area contributed by atoms with Gasteiger partial charge < -0.3 is 10.1 Å². The van der Waals surface area contributed by atoms with E-state index in [1.54, 1.807) is 4.68 Å². The topological polar surface area (TPSA) is 56.2 Å². The van der Waals surface area contributed by atoms with Gasteiger partial charge in [0, 0.05) is 17.3 Å². The zero-order valence-electron chi connectivity index (χ0n) is 12.0. The Morgan fingerprint density at radius 1 is 1.42 bits per heavy atom. The van der Waals surface area contributed by atoms with Crippen molar-refractivity contribution in [1.29, 1.82) is 0 Å². The molecule has 2 rings (SSSR count). The van der Waals surface area contributed by atoms with E-state index in [0.29, 0.717) is 6.04 Å². The smallest absolute Gasteiger partial charge is 0.327 e. The molecule has 1 fully saturated rings. The van der Waals surface area contributed by atoms with Gasteiger partial charge in [-0.05, 0) is 33.2 Å². The number of methoxy groups -OCH3 is 1. The molecule has 0 amide bonds. The van der Waals surface area contributed by atoms with Crippen LogP contribution in [0.3, 0.4) is 0 Å². The minimum absolute atomic E-state index is 0.190. The van der Waals surface area contributed by atoms with Crippen molar-refractivity contribution in [3.8, 4) is 0 Å². The molecule has 1 aromatic heterocycles. The SMILES string of the molecule is COC(=O)Cn1nc(C)c(C2CCCCCN2)c1C. The summed E-state index contributed by atoms with van der Waals surface area (Å²) in [6, 6.07) is 0.369. The molecule has 1 atom stereocenters. The van der Waals surface area contributed by atoms with Gasteiger partial charge in [-0.15, -0.1) is 0 Å². The Kier molecular flexibility index (Phi) is 4.58. The fourth-order valence-electron chi connectivity index (χ4n) is 2.83. The first-order valence-corrected chi connectivity index (χ1v) is 6.97. The van der Waals surface area contributed by atoms with E-state index in [1.165, 1.54) is 31.9 Å². The highest BCUT2D eigenvalue weighted by Crippen LogP contribution is 2.27. The highest BCUT2D eigenvalue weighted by atomic mass is 16.5. The van der Waals surface area contributed by atoms with Crippen LogP contribution in [0.5, 0.6) is 0 Å². The van der Waals surface area contributed by atoms with Gasteiger partial charge >= 0.3 is 5.97 Å². The van der Waals surface area contributed by atoms with Crippen LogP contribution < -0.4 is 5.32 Å². The van der Waals surface area contributed by atoms with E-state index in [2.05, 4.69) is 10.4 Å². The molecule has 0 aliphatic carbocycles. The standard InChI is InChI=1S/C14H23N3O2/c1-10-14(12-7-5-4-6-8-15-12)11(2)17(16-10)9-13(18)19-3/h12,15H,4-9H2,1-3H3. The third-order valence-corrected chi connectivity index (χ3v) is 3.85. The summed E-state index contributed by atoms with van der Waals surface area (Å²) in [4.78, 5) is 11.4. The minimum atomic E-state index is -0.258. The molecule has 1 N–H and O–H groups in total. The lowest BCUT2D eigenvalue weighted by Gasteiger charge is -2.16. The van der Waals surface area contributed by atoms with Crippen LogP contribution in [0.1, 0.15) is 48.7 Å². The first kappa shape index (κ1) is 14.1. The normalized spacial score (nSPS) is 20.1. The molecule has 0 saturated carbocycles.